The van der Waals surface area contributed by atoms with Crippen LogP contribution in [0.5, 0.6) is 5.75 Å². The summed E-state index contributed by atoms with van der Waals surface area (Å²) in [5.74, 6) is -0.536. The van der Waals surface area contributed by atoms with Crippen LogP contribution >= 0.6 is 0 Å². The molecule has 0 aliphatic carbocycles. The van der Waals surface area contributed by atoms with Gasteiger partial charge in [0.25, 0.3) is 5.91 Å². The predicted octanol–water partition coefficient (Wildman–Crippen LogP) is 3.80. The lowest BCUT2D eigenvalue weighted by Gasteiger charge is -2.15. The molecule has 138 valence electrons. The van der Waals surface area contributed by atoms with E-state index in [9.17, 15) is 22.8 Å². The maximum atomic E-state index is 12.9. The van der Waals surface area contributed by atoms with E-state index in [2.05, 4.69) is 5.32 Å². The largest absolute Gasteiger partial charge is 0.489 e. The highest BCUT2D eigenvalue weighted by Gasteiger charge is 2.31. The molecule has 0 aromatic heterocycles. The number of halogens is 3. The van der Waals surface area contributed by atoms with Crippen LogP contribution in [0, 0.1) is 0 Å². The zero-order valence-electron chi connectivity index (χ0n) is 13.8. The van der Waals surface area contributed by atoms with Crippen LogP contribution in [0.15, 0.2) is 42.5 Å². The van der Waals surface area contributed by atoms with E-state index in [0.29, 0.717) is 11.8 Å². The van der Waals surface area contributed by atoms with Crippen molar-refractivity contribution in [3.05, 3.63) is 59.2 Å². The minimum absolute atomic E-state index is 0.0907. The van der Waals surface area contributed by atoms with Crippen LogP contribution in [-0.4, -0.2) is 32.5 Å². The van der Waals surface area contributed by atoms with Crippen LogP contribution in [0.4, 0.5) is 18.9 Å². The number of aldehydes is 1. The van der Waals surface area contributed by atoms with E-state index in [1.807, 2.05) is 0 Å². The fourth-order valence-electron chi connectivity index (χ4n) is 2.07. The van der Waals surface area contributed by atoms with Crippen LogP contribution in [-0.2, 0) is 10.9 Å². The highest BCUT2D eigenvalue weighted by molar-refractivity contribution is 6.05. The number of nitrogens with one attached hydrogen (secondary N) is 1. The number of hydrogen-bond acceptors (Lipinski definition) is 4. The molecule has 0 fully saturated rings. The Balaban J connectivity index is 2.27. The Labute approximate surface area is 147 Å². The van der Waals surface area contributed by atoms with Crippen LogP contribution in [0.1, 0.15) is 26.3 Å². The third kappa shape index (κ3) is 5.06. The summed E-state index contributed by atoms with van der Waals surface area (Å²) in [5.41, 5.74) is -0.455. The Kier molecular flexibility index (Phi) is 6.35. The van der Waals surface area contributed by atoms with Crippen molar-refractivity contribution in [1.29, 1.82) is 0 Å². The first kappa shape index (κ1) is 19.5. The molecule has 0 aliphatic heterocycles. The van der Waals surface area contributed by atoms with Crippen molar-refractivity contribution in [2.24, 2.45) is 0 Å². The number of benzene rings is 2. The lowest BCUT2D eigenvalue weighted by atomic mass is 10.1. The summed E-state index contributed by atoms with van der Waals surface area (Å²) >= 11 is 0. The molecule has 5 nitrogen and oxygen atoms in total. The quantitative estimate of drug-likeness (QED) is 0.597. The highest BCUT2D eigenvalue weighted by Crippen LogP contribution is 2.35. The van der Waals surface area contributed by atoms with Crippen molar-refractivity contribution in [3.63, 3.8) is 0 Å². The second kappa shape index (κ2) is 8.48. The highest BCUT2D eigenvalue weighted by atomic mass is 19.4. The first-order chi connectivity index (χ1) is 12.3. The van der Waals surface area contributed by atoms with Crippen molar-refractivity contribution < 1.29 is 32.2 Å². The van der Waals surface area contributed by atoms with E-state index in [0.717, 1.165) is 18.2 Å². The Bertz CT molecular complexity index is 773. The first-order valence-corrected chi connectivity index (χ1v) is 7.54. The standard InChI is InChI=1S/C18H16F3NO4/c1-25-8-9-26-16-7-6-14(18(19,20)21)10-15(16)22-17(24)13-4-2-12(11-23)3-5-13/h2-7,10-11H,8-9H2,1H3,(H,22,24). The number of amides is 1. The van der Waals surface area contributed by atoms with Crippen molar-refractivity contribution >= 4 is 17.9 Å². The smallest absolute Gasteiger partial charge is 0.416 e. The van der Waals surface area contributed by atoms with Gasteiger partial charge in [-0.15, -0.1) is 0 Å². The molecule has 1 amide bonds. The molecule has 0 radical (unpaired) electrons. The van der Waals surface area contributed by atoms with Gasteiger partial charge in [-0.3, -0.25) is 9.59 Å². The van der Waals surface area contributed by atoms with Gasteiger partial charge in [0.15, 0.2) is 0 Å². The average molecular weight is 367 g/mol. The molecule has 0 saturated carbocycles. The molecule has 0 saturated heterocycles. The summed E-state index contributed by atoms with van der Waals surface area (Å²) in [5, 5.41) is 2.41. The number of ether oxygens (including phenoxy) is 2. The second-order valence-electron chi connectivity index (χ2n) is 5.24. The van der Waals surface area contributed by atoms with E-state index in [1.165, 1.54) is 31.4 Å². The maximum Gasteiger partial charge on any atom is 0.416 e. The van der Waals surface area contributed by atoms with E-state index in [4.69, 9.17) is 9.47 Å². The lowest BCUT2D eigenvalue weighted by Crippen LogP contribution is -2.15. The van der Waals surface area contributed by atoms with Gasteiger partial charge < -0.3 is 14.8 Å². The fourth-order valence-corrected chi connectivity index (χ4v) is 2.07. The number of hydrogen-bond donors (Lipinski definition) is 1. The van der Waals surface area contributed by atoms with Crippen LogP contribution in [0.3, 0.4) is 0 Å². The number of methoxy groups -OCH3 is 1. The van der Waals surface area contributed by atoms with Gasteiger partial charge in [0.2, 0.25) is 0 Å². The number of carbonyl (C=O) groups excluding carboxylic acids is 2. The molecule has 26 heavy (non-hydrogen) atoms. The third-order valence-corrected chi connectivity index (χ3v) is 3.41. The maximum absolute atomic E-state index is 12.9. The van der Waals surface area contributed by atoms with E-state index in [1.54, 1.807) is 0 Å². The number of carbonyl (C=O) groups is 2. The molecule has 8 heteroatoms. The molecule has 1 N–H and O–H groups in total. The summed E-state index contributed by atoms with van der Waals surface area (Å²) in [6, 6.07) is 8.49. The molecule has 2 aromatic rings. The van der Waals surface area contributed by atoms with Gasteiger partial charge in [0, 0.05) is 18.2 Å². The molecule has 0 aliphatic rings. The second-order valence-corrected chi connectivity index (χ2v) is 5.24. The summed E-state index contributed by atoms with van der Waals surface area (Å²) < 4.78 is 49.0. The zero-order valence-corrected chi connectivity index (χ0v) is 13.8. The Morgan fingerprint density at radius 2 is 1.81 bits per heavy atom. The molecule has 0 unspecified atom stereocenters. The van der Waals surface area contributed by atoms with E-state index < -0.39 is 17.6 Å². The first-order valence-electron chi connectivity index (χ1n) is 7.54. The van der Waals surface area contributed by atoms with Gasteiger partial charge in [0.1, 0.15) is 18.6 Å². The fraction of sp³-hybridized carbons (Fsp3) is 0.222. The van der Waals surface area contributed by atoms with Crippen LogP contribution < -0.4 is 10.1 Å². The third-order valence-electron chi connectivity index (χ3n) is 3.41. The van der Waals surface area contributed by atoms with Crippen molar-refractivity contribution in [2.75, 3.05) is 25.6 Å². The molecule has 0 atom stereocenters. The van der Waals surface area contributed by atoms with Gasteiger partial charge in [0.05, 0.1) is 17.9 Å². The van der Waals surface area contributed by atoms with E-state index >= 15 is 0 Å². The molecular weight excluding hydrogens is 351 g/mol. The Morgan fingerprint density at radius 3 is 2.38 bits per heavy atom. The topological polar surface area (TPSA) is 64.6 Å². The van der Waals surface area contributed by atoms with Gasteiger partial charge in [-0.1, -0.05) is 12.1 Å². The molecule has 0 spiro atoms. The number of alkyl halides is 3. The molecular formula is C18H16F3NO4. The number of rotatable bonds is 7. The van der Waals surface area contributed by atoms with Crippen LogP contribution in [0.25, 0.3) is 0 Å². The van der Waals surface area contributed by atoms with Crippen molar-refractivity contribution in [3.8, 4) is 5.75 Å². The molecule has 2 aromatic carbocycles. The normalized spacial score (nSPS) is 11.1. The summed E-state index contributed by atoms with van der Waals surface area (Å²) in [6.45, 7) is 0.348. The average Bonchev–Trinajstić information content (AvgIpc) is 2.62. The van der Waals surface area contributed by atoms with Gasteiger partial charge in [-0.05, 0) is 30.3 Å². The summed E-state index contributed by atoms with van der Waals surface area (Å²) in [7, 11) is 1.46. The Morgan fingerprint density at radius 1 is 1.12 bits per heavy atom. The van der Waals surface area contributed by atoms with Gasteiger partial charge in [-0.2, -0.15) is 13.2 Å². The predicted molar refractivity (Wildman–Crippen MR) is 88.6 cm³/mol. The van der Waals surface area contributed by atoms with Gasteiger partial charge in [-0.25, -0.2) is 0 Å². The molecule has 0 bridgehead atoms. The summed E-state index contributed by atoms with van der Waals surface area (Å²) in [6.07, 6.45) is -3.94. The zero-order chi connectivity index (χ0) is 19.2. The van der Waals surface area contributed by atoms with Crippen molar-refractivity contribution in [2.45, 2.75) is 6.18 Å². The minimum atomic E-state index is -4.56. The lowest BCUT2D eigenvalue weighted by molar-refractivity contribution is -0.137. The molecule has 2 rings (SSSR count). The minimum Gasteiger partial charge on any atom is -0.489 e. The number of anilines is 1. The monoisotopic (exact) mass is 367 g/mol. The van der Waals surface area contributed by atoms with E-state index in [-0.39, 0.29) is 30.2 Å². The Hall–Kier alpha value is -2.87. The summed E-state index contributed by atoms with van der Waals surface area (Å²) in [4.78, 5) is 22.9. The van der Waals surface area contributed by atoms with Crippen LogP contribution in [0.2, 0.25) is 0 Å². The van der Waals surface area contributed by atoms with Crippen molar-refractivity contribution in [1.82, 2.24) is 0 Å². The molecule has 0 heterocycles. The van der Waals surface area contributed by atoms with Gasteiger partial charge >= 0.3 is 6.18 Å². The SMILES string of the molecule is COCCOc1ccc(C(F)(F)F)cc1NC(=O)c1ccc(C=O)cc1.